The topological polar surface area (TPSA) is 32.3 Å². The minimum absolute atomic E-state index is 0.0652. The molecule has 1 aromatic rings. The monoisotopic (exact) mass is 356 g/mol. The summed E-state index contributed by atoms with van der Waals surface area (Å²) in [6.45, 7) is 3.89. The van der Waals surface area contributed by atoms with Crippen LogP contribution in [0, 0.1) is 11.8 Å². The van der Waals surface area contributed by atoms with Gasteiger partial charge in [-0.1, -0.05) is 27.5 Å². The minimum Gasteiger partial charge on any atom is -0.339 e. The molecule has 2 heterocycles. The average molecular weight is 358 g/mol. The van der Waals surface area contributed by atoms with E-state index in [9.17, 15) is 4.79 Å². The van der Waals surface area contributed by atoms with Crippen LogP contribution in [-0.2, 0) is 0 Å². The van der Waals surface area contributed by atoms with Crippen molar-refractivity contribution in [2.45, 2.75) is 12.8 Å². The summed E-state index contributed by atoms with van der Waals surface area (Å²) in [6.07, 6.45) is 2.19. The number of carbonyl (C=O) groups is 1. The van der Waals surface area contributed by atoms with Gasteiger partial charge in [-0.25, -0.2) is 0 Å². The van der Waals surface area contributed by atoms with Crippen molar-refractivity contribution in [3.63, 3.8) is 0 Å². The van der Waals surface area contributed by atoms with Crippen LogP contribution in [0.3, 0.4) is 0 Å². The molecule has 1 aromatic carbocycles. The molecule has 108 valence electrons. The van der Waals surface area contributed by atoms with E-state index in [1.807, 2.05) is 17.0 Å². The van der Waals surface area contributed by atoms with Crippen molar-refractivity contribution in [2.24, 2.45) is 11.8 Å². The Morgan fingerprint density at radius 3 is 2.50 bits per heavy atom. The number of halogens is 2. The molecule has 1 amide bonds. The minimum atomic E-state index is 0.0652. The third-order valence-corrected chi connectivity index (χ3v) is 5.27. The number of amides is 1. The second-order valence-corrected chi connectivity index (χ2v) is 7.00. The van der Waals surface area contributed by atoms with Crippen molar-refractivity contribution in [1.82, 2.24) is 10.2 Å². The van der Waals surface area contributed by atoms with E-state index in [4.69, 9.17) is 11.6 Å². The lowest BCUT2D eigenvalue weighted by atomic mass is 9.92. The summed E-state index contributed by atoms with van der Waals surface area (Å²) in [7, 11) is 0. The molecule has 2 fully saturated rings. The Labute approximate surface area is 132 Å². The molecule has 2 atom stereocenters. The Morgan fingerprint density at radius 2 is 1.90 bits per heavy atom. The molecule has 0 unspecified atom stereocenters. The standard InChI is InChI=1S/C15H18BrClN2O/c16-12-1-2-13(14(17)7-12)15(20)19-5-3-10-8-18-9-11(10)4-6-19/h1-2,7,10-11,18H,3-6,8-9H2/t10-,11+. The van der Waals surface area contributed by atoms with Crippen LogP contribution in [0.5, 0.6) is 0 Å². The average Bonchev–Trinajstić information content (AvgIpc) is 2.77. The number of nitrogens with one attached hydrogen (secondary N) is 1. The number of hydrogen-bond donors (Lipinski definition) is 1. The first-order valence-electron chi connectivity index (χ1n) is 7.10. The summed E-state index contributed by atoms with van der Waals surface area (Å²) in [5, 5.41) is 3.98. The van der Waals surface area contributed by atoms with Crippen LogP contribution >= 0.6 is 27.5 Å². The molecule has 5 heteroatoms. The number of likely N-dealkylation sites (tertiary alicyclic amines) is 1. The number of carbonyl (C=O) groups excluding carboxylic acids is 1. The number of hydrogen-bond acceptors (Lipinski definition) is 2. The molecule has 0 saturated carbocycles. The van der Waals surface area contributed by atoms with Crippen molar-refractivity contribution in [3.8, 4) is 0 Å². The summed E-state index contributed by atoms with van der Waals surface area (Å²) in [4.78, 5) is 14.6. The van der Waals surface area contributed by atoms with Crippen molar-refractivity contribution >= 4 is 33.4 Å². The predicted molar refractivity (Wildman–Crippen MR) is 84.1 cm³/mol. The van der Waals surface area contributed by atoms with E-state index < -0.39 is 0 Å². The largest absolute Gasteiger partial charge is 0.339 e. The van der Waals surface area contributed by atoms with E-state index in [1.54, 1.807) is 6.07 Å². The van der Waals surface area contributed by atoms with Gasteiger partial charge >= 0.3 is 0 Å². The van der Waals surface area contributed by atoms with Crippen molar-refractivity contribution in [3.05, 3.63) is 33.3 Å². The number of fused-ring (bicyclic) bond motifs is 1. The Kier molecular flexibility index (Phi) is 4.34. The molecule has 3 rings (SSSR count). The van der Waals surface area contributed by atoms with E-state index in [1.165, 1.54) is 0 Å². The Balaban J connectivity index is 1.74. The first kappa shape index (κ1) is 14.4. The predicted octanol–water partition coefficient (Wildman–Crippen LogP) is 3.17. The second-order valence-electron chi connectivity index (χ2n) is 5.67. The van der Waals surface area contributed by atoms with Gasteiger partial charge in [0.05, 0.1) is 10.6 Å². The van der Waals surface area contributed by atoms with Gasteiger partial charge in [-0.3, -0.25) is 4.79 Å². The maximum Gasteiger partial charge on any atom is 0.255 e. The highest BCUT2D eigenvalue weighted by molar-refractivity contribution is 9.10. The molecule has 2 saturated heterocycles. The van der Waals surface area contributed by atoms with Crippen molar-refractivity contribution in [1.29, 1.82) is 0 Å². The van der Waals surface area contributed by atoms with Crippen LogP contribution in [0.25, 0.3) is 0 Å². The summed E-state index contributed by atoms with van der Waals surface area (Å²) in [6, 6.07) is 5.46. The van der Waals surface area contributed by atoms with Gasteiger partial charge in [0.2, 0.25) is 0 Å². The molecule has 0 radical (unpaired) electrons. The van der Waals surface area contributed by atoms with E-state index in [0.29, 0.717) is 10.6 Å². The SMILES string of the molecule is O=C(c1ccc(Br)cc1Cl)N1CC[C@@H]2CNC[C@@H]2CC1. The summed E-state index contributed by atoms with van der Waals surface area (Å²) in [5.41, 5.74) is 0.611. The Bertz CT molecular complexity index is 509. The van der Waals surface area contributed by atoms with Crippen LogP contribution < -0.4 is 5.32 Å². The Hall–Kier alpha value is -0.580. The highest BCUT2D eigenvalue weighted by atomic mass is 79.9. The molecule has 0 bridgehead atoms. The molecule has 1 N–H and O–H groups in total. The third-order valence-electron chi connectivity index (χ3n) is 4.47. The fourth-order valence-electron chi connectivity index (χ4n) is 3.25. The van der Waals surface area contributed by atoms with Crippen LogP contribution in [-0.4, -0.2) is 37.0 Å². The molecule has 3 nitrogen and oxygen atoms in total. The molecule has 2 aliphatic rings. The van der Waals surface area contributed by atoms with Crippen LogP contribution in [0.15, 0.2) is 22.7 Å². The smallest absolute Gasteiger partial charge is 0.255 e. The molecular weight excluding hydrogens is 340 g/mol. The van der Waals surface area contributed by atoms with Gasteiger partial charge in [0, 0.05) is 17.6 Å². The molecule has 0 aromatic heterocycles. The zero-order chi connectivity index (χ0) is 14.1. The fraction of sp³-hybridized carbons (Fsp3) is 0.533. The first-order chi connectivity index (χ1) is 9.65. The quantitative estimate of drug-likeness (QED) is 0.837. The first-order valence-corrected chi connectivity index (χ1v) is 8.27. The van der Waals surface area contributed by atoms with Crippen LogP contribution in [0.1, 0.15) is 23.2 Å². The molecule has 0 aliphatic carbocycles. The molecule has 2 aliphatic heterocycles. The van der Waals surface area contributed by atoms with Crippen LogP contribution in [0.4, 0.5) is 0 Å². The van der Waals surface area contributed by atoms with Gasteiger partial charge in [-0.2, -0.15) is 0 Å². The van der Waals surface area contributed by atoms with E-state index in [2.05, 4.69) is 21.2 Å². The van der Waals surface area contributed by atoms with E-state index in [-0.39, 0.29) is 5.91 Å². The second kappa shape index (κ2) is 6.04. The summed E-state index contributed by atoms with van der Waals surface area (Å²) in [5.74, 6) is 1.52. The lowest BCUT2D eigenvalue weighted by Crippen LogP contribution is -2.32. The third kappa shape index (κ3) is 2.87. The van der Waals surface area contributed by atoms with Gasteiger partial charge in [-0.15, -0.1) is 0 Å². The van der Waals surface area contributed by atoms with E-state index >= 15 is 0 Å². The molecular formula is C15H18BrClN2O. The van der Waals surface area contributed by atoms with Gasteiger partial charge < -0.3 is 10.2 Å². The summed E-state index contributed by atoms with van der Waals surface area (Å²) >= 11 is 9.56. The maximum atomic E-state index is 12.6. The van der Waals surface area contributed by atoms with Gasteiger partial charge in [0.15, 0.2) is 0 Å². The molecule has 20 heavy (non-hydrogen) atoms. The highest BCUT2D eigenvalue weighted by Crippen LogP contribution is 2.29. The lowest BCUT2D eigenvalue weighted by Gasteiger charge is -2.21. The van der Waals surface area contributed by atoms with Gasteiger partial charge in [0.25, 0.3) is 5.91 Å². The number of nitrogens with zero attached hydrogens (tertiary/aromatic N) is 1. The van der Waals surface area contributed by atoms with Crippen molar-refractivity contribution < 1.29 is 4.79 Å². The lowest BCUT2D eigenvalue weighted by molar-refractivity contribution is 0.0758. The highest BCUT2D eigenvalue weighted by Gasteiger charge is 2.31. The molecule has 0 spiro atoms. The van der Waals surface area contributed by atoms with Crippen LogP contribution in [0.2, 0.25) is 5.02 Å². The zero-order valence-corrected chi connectivity index (χ0v) is 13.6. The van der Waals surface area contributed by atoms with Gasteiger partial charge in [-0.05, 0) is 56.0 Å². The number of benzene rings is 1. The number of rotatable bonds is 1. The van der Waals surface area contributed by atoms with E-state index in [0.717, 1.165) is 55.3 Å². The van der Waals surface area contributed by atoms with Gasteiger partial charge in [0.1, 0.15) is 0 Å². The van der Waals surface area contributed by atoms with Crippen molar-refractivity contribution in [2.75, 3.05) is 26.2 Å². The zero-order valence-electron chi connectivity index (χ0n) is 11.2. The maximum absolute atomic E-state index is 12.6. The Morgan fingerprint density at radius 1 is 1.25 bits per heavy atom. The fourth-order valence-corrected chi connectivity index (χ4v) is 4.01. The summed E-state index contributed by atoms with van der Waals surface area (Å²) < 4.78 is 0.899. The normalized spacial score (nSPS) is 26.2.